The fourth-order valence-electron chi connectivity index (χ4n) is 2.40. The van der Waals surface area contributed by atoms with Crippen LogP contribution in [0, 0.1) is 11.3 Å². The maximum absolute atomic E-state index is 12.2. The van der Waals surface area contributed by atoms with Gasteiger partial charge >= 0.3 is 12.0 Å². The molecular weight excluding hydrogens is 276 g/mol. The summed E-state index contributed by atoms with van der Waals surface area (Å²) in [6, 6.07) is 1.30. The van der Waals surface area contributed by atoms with Crippen molar-refractivity contribution in [2.45, 2.75) is 27.2 Å². The Morgan fingerprint density at radius 2 is 2.15 bits per heavy atom. The Morgan fingerprint density at radius 1 is 1.45 bits per heavy atom. The molecule has 0 bridgehead atoms. The number of urea groups is 1. The molecule has 1 aliphatic heterocycles. The van der Waals surface area contributed by atoms with Gasteiger partial charge in [0, 0.05) is 13.1 Å². The topological polar surface area (TPSA) is 69.6 Å². The van der Waals surface area contributed by atoms with Crippen LogP contribution in [0.3, 0.4) is 0 Å². The molecule has 0 aromatic carbocycles. The molecule has 2 heterocycles. The van der Waals surface area contributed by atoms with Gasteiger partial charge in [-0.3, -0.25) is 5.32 Å². The largest absolute Gasteiger partial charge is 0.478 e. The smallest absolute Gasteiger partial charge is 0.338 e. The third kappa shape index (κ3) is 3.12. The Kier molecular flexibility index (Phi) is 4.04. The van der Waals surface area contributed by atoms with Crippen LogP contribution in [0.5, 0.6) is 0 Å². The van der Waals surface area contributed by atoms with Gasteiger partial charge in [0.2, 0.25) is 0 Å². The maximum atomic E-state index is 12.2. The lowest BCUT2D eigenvalue weighted by atomic mass is 9.80. The minimum absolute atomic E-state index is 0.148. The standard InChI is InChI=1S/C14H20N2O3S/c1-14(2,3)9-4-6-16(8-9)13(19)15-11-10(12(17)18)5-7-20-11/h5,7,9H,4,6,8H2,1-3H3,(H,15,19)(H,17,18). The van der Waals surface area contributed by atoms with Crippen molar-refractivity contribution in [2.75, 3.05) is 18.4 Å². The molecule has 6 heteroatoms. The number of rotatable bonds is 2. The molecule has 110 valence electrons. The van der Waals surface area contributed by atoms with Crippen LogP contribution in [0.4, 0.5) is 9.80 Å². The number of carboxylic acid groups (broad SMARTS) is 1. The molecule has 2 rings (SSSR count). The van der Waals surface area contributed by atoms with E-state index in [1.807, 2.05) is 0 Å². The van der Waals surface area contributed by atoms with Crippen LogP contribution in [0.1, 0.15) is 37.6 Å². The van der Waals surface area contributed by atoms with Gasteiger partial charge in [-0.1, -0.05) is 20.8 Å². The molecule has 0 saturated carbocycles. The van der Waals surface area contributed by atoms with Crippen LogP contribution in [-0.2, 0) is 0 Å². The van der Waals surface area contributed by atoms with Gasteiger partial charge in [0.15, 0.2) is 0 Å². The van der Waals surface area contributed by atoms with Gasteiger partial charge in [0.25, 0.3) is 0 Å². The first-order valence-electron chi connectivity index (χ1n) is 6.65. The number of carbonyl (C=O) groups is 2. The summed E-state index contributed by atoms with van der Waals surface area (Å²) in [4.78, 5) is 25.0. The Hall–Kier alpha value is -1.56. The van der Waals surface area contributed by atoms with Crippen LogP contribution >= 0.6 is 11.3 Å². The van der Waals surface area contributed by atoms with Crippen LogP contribution in [0.25, 0.3) is 0 Å². The Balaban J connectivity index is 2.00. The van der Waals surface area contributed by atoms with Gasteiger partial charge in [0.05, 0.1) is 5.56 Å². The van der Waals surface area contributed by atoms with Gasteiger partial charge in [-0.05, 0) is 29.2 Å². The van der Waals surface area contributed by atoms with Gasteiger partial charge in [-0.2, -0.15) is 0 Å². The summed E-state index contributed by atoms with van der Waals surface area (Å²) in [6.45, 7) is 7.99. The molecule has 0 radical (unpaired) electrons. The van der Waals surface area contributed by atoms with Crippen LogP contribution in [0.2, 0.25) is 0 Å². The van der Waals surface area contributed by atoms with Crippen LogP contribution < -0.4 is 5.32 Å². The Labute approximate surface area is 122 Å². The van der Waals surface area contributed by atoms with Crippen molar-refractivity contribution in [2.24, 2.45) is 11.3 Å². The lowest BCUT2D eigenvalue weighted by Crippen LogP contribution is -2.34. The average Bonchev–Trinajstić information content (AvgIpc) is 2.95. The predicted octanol–water partition coefficient (Wildman–Crippen LogP) is 3.35. The van der Waals surface area contributed by atoms with E-state index in [2.05, 4.69) is 26.1 Å². The number of hydrogen-bond donors (Lipinski definition) is 2. The van der Waals surface area contributed by atoms with Crippen molar-refractivity contribution in [1.29, 1.82) is 0 Å². The van der Waals surface area contributed by atoms with Crippen molar-refractivity contribution in [3.8, 4) is 0 Å². The number of amides is 2. The molecule has 1 aromatic rings. The zero-order valence-corrected chi connectivity index (χ0v) is 12.8. The first-order valence-corrected chi connectivity index (χ1v) is 7.53. The van der Waals surface area contributed by atoms with E-state index >= 15 is 0 Å². The first kappa shape index (κ1) is 14.8. The number of carboxylic acids is 1. The Morgan fingerprint density at radius 3 is 2.70 bits per heavy atom. The van der Waals surface area contributed by atoms with E-state index in [-0.39, 0.29) is 17.0 Å². The second-order valence-corrected chi connectivity index (χ2v) is 7.11. The SMILES string of the molecule is CC(C)(C)C1CCN(C(=O)Nc2sccc2C(=O)O)C1. The normalized spacial score (nSPS) is 19.1. The van der Waals surface area contributed by atoms with Gasteiger partial charge in [-0.25, -0.2) is 9.59 Å². The third-order valence-electron chi connectivity index (χ3n) is 3.82. The molecule has 5 nitrogen and oxygen atoms in total. The highest BCUT2D eigenvalue weighted by Crippen LogP contribution is 2.34. The number of carbonyl (C=O) groups excluding carboxylic acids is 1. The van der Waals surface area contributed by atoms with E-state index in [9.17, 15) is 9.59 Å². The second-order valence-electron chi connectivity index (χ2n) is 6.20. The van der Waals surface area contributed by atoms with Crippen LogP contribution in [-0.4, -0.2) is 35.1 Å². The number of hydrogen-bond acceptors (Lipinski definition) is 3. The molecule has 1 atom stereocenters. The summed E-state index contributed by atoms with van der Waals surface area (Å²) in [5.74, 6) is -0.536. The second kappa shape index (κ2) is 5.44. The summed E-state index contributed by atoms with van der Waals surface area (Å²) >= 11 is 1.23. The lowest BCUT2D eigenvalue weighted by Gasteiger charge is -2.26. The molecule has 1 unspecified atom stereocenters. The molecule has 1 saturated heterocycles. The van der Waals surface area contributed by atoms with Crippen molar-refractivity contribution in [3.63, 3.8) is 0 Å². The Bertz CT molecular complexity index is 519. The number of aromatic carboxylic acids is 1. The van der Waals surface area contributed by atoms with Crippen molar-refractivity contribution in [1.82, 2.24) is 4.90 Å². The summed E-state index contributed by atoms with van der Waals surface area (Å²) in [5, 5.41) is 13.8. The molecule has 1 fully saturated rings. The van der Waals surface area contributed by atoms with Gasteiger partial charge in [0.1, 0.15) is 5.00 Å². The molecule has 0 aliphatic carbocycles. The summed E-state index contributed by atoms with van der Waals surface area (Å²) < 4.78 is 0. The number of thiophene rings is 1. The quantitative estimate of drug-likeness (QED) is 0.879. The third-order valence-corrected chi connectivity index (χ3v) is 4.65. The molecule has 1 aliphatic rings. The molecule has 2 amide bonds. The van der Waals surface area contributed by atoms with E-state index in [1.165, 1.54) is 17.4 Å². The molecule has 2 N–H and O–H groups in total. The van der Waals surface area contributed by atoms with Crippen LogP contribution in [0.15, 0.2) is 11.4 Å². The molecule has 20 heavy (non-hydrogen) atoms. The summed E-state index contributed by atoms with van der Waals surface area (Å²) in [6.07, 6.45) is 0.993. The van der Waals surface area contributed by atoms with E-state index < -0.39 is 5.97 Å². The first-order chi connectivity index (χ1) is 9.29. The van der Waals surface area contributed by atoms with Gasteiger partial charge < -0.3 is 10.0 Å². The number of nitrogens with one attached hydrogen (secondary N) is 1. The molecule has 0 spiro atoms. The monoisotopic (exact) mass is 296 g/mol. The minimum atomic E-state index is -1.02. The lowest BCUT2D eigenvalue weighted by molar-refractivity contribution is 0.0698. The van der Waals surface area contributed by atoms with Crippen molar-refractivity contribution in [3.05, 3.63) is 17.0 Å². The van der Waals surface area contributed by atoms with Crippen molar-refractivity contribution < 1.29 is 14.7 Å². The zero-order chi connectivity index (χ0) is 14.9. The highest BCUT2D eigenvalue weighted by Gasteiger charge is 2.34. The molecular formula is C14H20N2O3S. The summed E-state index contributed by atoms with van der Waals surface area (Å²) in [5.41, 5.74) is 0.333. The van der Waals surface area contributed by atoms with E-state index in [0.29, 0.717) is 10.9 Å². The number of likely N-dealkylation sites (tertiary alicyclic amines) is 1. The highest BCUT2D eigenvalue weighted by molar-refractivity contribution is 7.14. The summed E-state index contributed by atoms with van der Waals surface area (Å²) in [7, 11) is 0. The minimum Gasteiger partial charge on any atom is -0.478 e. The van der Waals surface area contributed by atoms with E-state index in [4.69, 9.17) is 5.11 Å². The number of anilines is 1. The number of nitrogens with zero attached hydrogens (tertiary/aromatic N) is 1. The van der Waals surface area contributed by atoms with Crippen molar-refractivity contribution >= 4 is 28.3 Å². The predicted molar refractivity (Wildman–Crippen MR) is 79.4 cm³/mol. The fourth-order valence-corrected chi connectivity index (χ4v) is 3.17. The zero-order valence-electron chi connectivity index (χ0n) is 12.0. The van der Waals surface area contributed by atoms with Gasteiger partial charge in [-0.15, -0.1) is 11.3 Å². The van der Waals surface area contributed by atoms with E-state index in [1.54, 1.807) is 10.3 Å². The van der Waals surface area contributed by atoms with E-state index in [0.717, 1.165) is 19.5 Å². The average molecular weight is 296 g/mol. The highest BCUT2D eigenvalue weighted by atomic mass is 32.1. The maximum Gasteiger partial charge on any atom is 0.338 e. The fraction of sp³-hybridized carbons (Fsp3) is 0.571. The molecule has 1 aromatic heterocycles.